The van der Waals surface area contributed by atoms with E-state index in [9.17, 15) is 18.0 Å². The van der Waals surface area contributed by atoms with E-state index in [0.717, 1.165) is 36.3 Å². The van der Waals surface area contributed by atoms with E-state index < -0.39 is 11.7 Å². The van der Waals surface area contributed by atoms with Crippen LogP contribution in [-0.2, 0) is 12.7 Å². The predicted molar refractivity (Wildman–Crippen MR) is 137 cm³/mol. The molecule has 0 aliphatic carbocycles. The van der Waals surface area contributed by atoms with Gasteiger partial charge in [0.15, 0.2) is 11.6 Å². The van der Waals surface area contributed by atoms with Crippen LogP contribution in [0.5, 0.6) is 0 Å². The first-order valence-electron chi connectivity index (χ1n) is 12.1. The number of hydrogen-bond acceptors (Lipinski definition) is 6. The lowest BCUT2D eigenvalue weighted by molar-refractivity contribution is -0.137. The maximum Gasteiger partial charge on any atom is 0.416 e. The summed E-state index contributed by atoms with van der Waals surface area (Å²) < 4.78 is 45.5. The van der Waals surface area contributed by atoms with Crippen molar-refractivity contribution >= 4 is 23.2 Å². The second-order valence-electron chi connectivity index (χ2n) is 9.21. The van der Waals surface area contributed by atoms with E-state index in [2.05, 4.69) is 20.2 Å². The third-order valence-corrected chi connectivity index (χ3v) is 6.78. The number of fused-ring (bicyclic) bond motifs is 4. The molecule has 194 valence electrons. The van der Waals surface area contributed by atoms with Crippen LogP contribution in [0, 0.1) is 0 Å². The highest BCUT2D eigenvalue weighted by atomic mass is 19.4. The molecule has 1 unspecified atom stereocenters. The smallest absolute Gasteiger partial charge is 0.416 e. The fraction of sp³-hybridized carbons (Fsp3) is 0.222. The lowest BCUT2D eigenvalue weighted by Gasteiger charge is -2.36. The van der Waals surface area contributed by atoms with Crippen LogP contribution < -0.4 is 20.9 Å². The molecule has 1 atom stereocenters. The van der Waals surface area contributed by atoms with Gasteiger partial charge in [-0.3, -0.25) is 4.90 Å². The number of amides is 2. The molecule has 0 radical (unpaired) electrons. The first-order chi connectivity index (χ1) is 18.3. The number of alkyl halides is 3. The fourth-order valence-electron chi connectivity index (χ4n) is 4.96. The van der Waals surface area contributed by atoms with Gasteiger partial charge in [0.25, 0.3) is 0 Å². The number of anilines is 3. The molecule has 1 fully saturated rings. The van der Waals surface area contributed by atoms with Crippen LogP contribution in [0.4, 0.5) is 35.2 Å². The Labute approximate surface area is 215 Å². The molecule has 0 saturated carbocycles. The van der Waals surface area contributed by atoms with Crippen molar-refractivity contribution in [2.24, 2.45) is 5.73 Å². The normalized spacial score (nSPS) is 16.5. The Hall–Kier alpha value is -4.38. The van der Waals surface area contributed by atoms with Gasteiger partial charge in [0.2, 0.25) is 5.89 Å². The number of rotatable bonds is 4. The zero-order chi connectivity index (χ0) is 26.4. The summed E-state index contributed by atoms with van der Waals surface area (Å²) in [6, 6.07) is 15.2. The van der Waals surface area contributed by atoms with Crippen molar-refractivity contribution in [3.05, 3.63) is 78.3 Å². The highest BCUT2D eigenvalue weighted by Gasteiger charge is 2.40. The number of benzene rings is 2. The molecule has 6 rings (SSSR count). The molecule has 0 spiro atoms. The van der Waals surface area contributed by atoms with Gasteiger partial charge < -0.3 is 20.4 Å². The van der Waals surface area contributed by atoms with Crippen LogP contribution in [0.1, 0.15) is 17.9 Å². The van der Waals surface area contributed by atoms with Crippen LogP contribution in [0.15, 0.2) is 71.3 Å². The van der Waals surface area contributed by atoms with Gasteiger partial charge in [0.1, 0.15) is 0 Å². The fourth-order valence-corrected chi connectivity index (χ4v) is 4.96. The number of hydrogen-bond donors (Lipinski definition) is 2. The summed E-state index contributed by atoms with van der Waals surface area (Å²) in [5.41, 5.74) is 7.57. The lowest BCUT2D eigenvalue weighted by Crippen LogP contribution is -2.48. The molecule has 2 amide bonds. The van der Waals surface area contributed by atoms with Gasteiger partial charge in [-0.1, -0.05) is 24.3 Å². The van der Waals surface area contributed by atoms with E-state index in [-0.39, 0.29) is 18.6 Å². The minimum Gasteiger partial charge on any atom is -0.439 e. The van der Waals surface area contributed by atoms with Gasteiger partial charge in [0, 0.05) is 29.9 Å². The molecule has 2 aliphatic heterocycles. The molecule has 8 nitrogen and oxygen atoms in total. The minimum atomic E-state index is -4.47. The molecule has 38 heavy (non-hydrogen) atoms. The van der Waals surface area contributed by atoms with Crippen LogP contribution in [-0.4, -0.2) is 35.1 Å². The topological polar surface area (TPSA) is 101 Å². The number of carbonyl (C=O) groups excluding carboxylic acids is 1. The van der Waals surface area contributed by atoms with E-state index in [0.29, 0.717) is 41.0 Å². The summed E-state index contributed by atoms with van der Waals surface area (Å²) in [6.45, 7) is 1.60. The number of nitrogens with two attached hydrogens (primary N) is 1. The highest BCUT2D eigenvalue weighted by molar-refractivity contribution is 6.05. The average molecular weight is 521 g/mol. The third kappa shape index (κ3) is 4.34. The zero-order valence-corrected chi connectivity index (χ0v) is 20.1. The van der Waals surface area contributed by atoms with Crippen LogP contribution in [0.3, 0.4) is 0 Å². The molecule has 3 N–H and O–H groups in total. The van der Waals surface area contributed by atoms with E-state index in [1.165, 1.54) is 6.07 Å². The van der Waals surface area contributed by atoms with Gasteiger partial charge in [-0.25, -0.2) is 14.8 Å². The number of carbonyl (C=O) groups is 1. The Morgan fingerprint density at radius 3 is 2.71 bits per heavy atom. The first kappa shape index (κ1) is 24.0. The van der Waals surface area contributed by atoms with Crippen molar-refractivity contribution in [1.82, 2.24) is 9.97 Å². The number of nitrogens with one attached hydrogen (secondary N) is 1. The van der Waals surface area contributed by atoms with Gasteiger partial charge in [-0.05, 0) is 42.8 Å². The quantitative estimate of drug-likeness (QED) is 0.368. The van der Waals surface area contributed by atoms with Crippen molar-refractivity contribution in [1.29, 1.82) is 0 Å². The predicted octanol–water partition coefficient (Wildman–Crippen LogP) is 5.51. The van der Waals surface area contributed by atoms with E-state index in [1.54, 1.807) is 41.4 Å². The van der Waals surface area contributed by atoms with Gasteiger partial charge in [0.05, 0.1) is 35.7 Å². The van der Waals surface area contributed by atoms with E-state index in [1.807, 2.05) is 12.1 Å². The lowest BCUT2D eigenvalue weighted by atomic mass is 10.1. The summed E-state index contributed by atoms with van der Waals surface area (Å²) in [7, 11) is 0. The van der Waals surface area contributed by atoms with Crippen LogP contribution >= 0.6 is 0 Å². The number of halogens is 3. The monoisotopic (exact) mass is 520 g/mol. The number of oxazole rings is 1. The molecular formula is C27H23F3N6O2. The van der Waals surface area contributed by atoms with Crippen molar-refractivity contribution in [2.75, 3.05) is 28.2 Å². The summed E-state index contributed by atoms with van der Waals surface area (Å²) in [5, 5.41) is 2.95. The molecule has 2 aromatic heterocycles. The van der Waals surface area contributed by atoms with Crippen molar-refractivity contribution in [3.63, 3.8) is 0 Å². The summed E-state index contributed by atoms with van der Waals surface area (Å²) in [4.78, 5) is 26.2. The zero-order valence-electron chi connectivity index (χ0n) is 20.1. The van der Waals surface area contributed by atoms with Crippen molar-refractivity contribution < 1.29 is 22.4 Å². The molecule has 2 bridgehead atoms. The summed E-state index contributed by atoms with van der Waals surface area (Å²) in [6.07, 6.45) is -2.13. The number of nitrogens with zero attached hydrogens (tertiary/aromatic N) is 4. The van der Waals surface area contributed by atoms with Gasteiger partial charge in [-0.15, -0.1) is 0 Å². The second kappa shape index (κ2) is 9.18. The molecule has 4 heterocycles. The summed E-state index contributed by atoms with van der Waals surface area (Å²) in [5.74, 6) is 1.36. The van der Waals surface area contributed by atoms with E-state index >= 15 is 0 Å². The Kier molecular flexibility index (Phi) is 5.79. The molecule has 1 saturated heterocycles. The molecule has 2 aliphatic rings. The number of aromatic nitrogens is 2. The van der Waals surface area contributed by atoms with Gasteiger partial charge in [-0.2, -0.15) is 13.2 Å². The highest BCUT2D eigenvalue weighted by Crippen LogP contribution is 2.41. The van der Waals surface area contributed by atoms with Crippen molar-refractivity contribution in [3.8, 4) is 22.6 Å². The van der Waals surface area contributed by atoms with Crippen LogP contribution in [0.2, 0.25) is 0 Å². The Bertz CT molecular complexity index is 1520. The molecule has 4 aromatic rings. The second-order valence-corrected chi connectivity index (χ2v) is 9.21. The van der Waals surface area contributed by atoms with Crippen molar-refractivity contribution in [2.45, 2.75) is 25.2 Å². The number of pyridine rings is 1. The standard InChI is InChI=1S/C27H23F3N6O2/c28-27(29,30)18-5-1-3-16(11-18)21-7-8-22-25(34-21)36(20-9-10-35(22)15-20)26(37)33-19-6-2-4-17(12-19)23-14-32-24(13-31)38-23/h1-8,11-12,14,20H,9-10,13,15,31H2,(H,33,37). The number of urea groups is 1. The first-order valence-corrected chi connectivity index (χ1v) is 12.1. The maximum absolute atomic E-state index is 13.6. The van der Waals surface area contributed by atoms with Gasteiger partial charge >= 0.3 is 12.2 Å². The minimum absolute atomic E-state index is 0.115. The van der Waals surface area contributed by atoms with Crippen LogP contribution in [0.25, 0.3) is 22.6 Å². The molecule has 2 aromatic carbocycles. The molecular weight excluding hydrogens is 497 g/mol. The Balaban J connectivity index is 1.32. The SMILES string of the molecule is NCc1ncc(-c2cccc(NC(=O)N3c4nc(-c5cccc(C(F)(F)F)c5)ccc4N4CCC3C4)c2)o1. The third-order valence-electron chi connectivity index (χ3n) is 6.78. The summed E-state index contributed by atoms with van der Waals surface area (Å²) >= 11 is 0. The maximum atomic E-state index is 13.6. The molecule has 11 heteroatoms. The Morgan fingerprint density at radius 1 is 1.11 bits per heavy atom. The average Bonchev–Trinajstić information content (AvgIpc) is 3.56. The largest absolute Gasteiger partial charge is 0.439 e. The Morgan fingerprint density at radius 2 is 1.92 bits per heavy atom. The van der Waals surface area contributed by atoms with E-state index in [4.69, 9.17) is 10.2 Å².